The molecule has 0 aromatic carbocycles. The highest BCUT2D eigenvalue weighted by atomic mass is 32.1. The van der Waals surface area contributed by atoms with E-state index in [1.165, 1.54) is 28.7 Å². The molecule has 18 heavy (non-hydrogen) atoms. The number of aliphatic carboxylic acids is 1. The van der Waals surface area contributed by atoms with Crippen molar-refractivity contribution in [2.24, 2.45) is 0 Å². The molecule has 92 valence electrons. The fourth-order valence-electron chi connectivity index (χ4n) is 1.17. The number of anilines is 1. The maximum Gasteiger partial charge on any atom is 0.328 e. The van der Waals surface area contributed by atoms with Crippen LogP contribution in [0.4, 0.5) is 5.13 Å². The molecular formula is C11H8N2O3S2. The van der Waals surface area contributed by atoms with Gasteiger partial charge in [0, 0.05) is 27.9 Å². The van der Waals surface area contributed by atoms with Gasteiger partial charge in [0.15, 0.2) is 5.13 Å². The van der Waals surface area contributed by atoms with Crippen molar-refractivity contribution >= 4 is 45.8 Å². The van der Waals surface area contributed by atoms with Gasteiger partial charge in [0.25, 0.3) is 5.91 Å². The topological polar surface area (TPSA) is 79.3 Å². The number of carboxylic acid groups (broad SMARTS) is 1. The number of nitrogens with zero attached hydrogens (tertiary/aromatic N) is 1. The molecule has 2 rings (SSSR count). The lowest BCUT2D eigenvalue weighted by atomic mass is 10.3. The van der Waals surface area contributed by atoms with Crippen molar-refractivity contribution in [1.82, 2.24) is 4.98 Å². The largest absolute Gasteiger partial charge is 0.478 e. The Morgan fingerprint density at radius 1 is 1.39 bits per heavy atom. The Kier molecular flexibility index (Phi) is 3.85. The second kappa shape index (κ2) is 5.56. The van der Waals surface area contributed by atoms with Crippen LogP contribution < -0.4 is 5.32 Å². The van der Waals surface area contributed by atoms with Crippen LogP contribution in [0.25, 0.3) is 6.08 Å². The van der Waals surface area contributed by atoms with Crippen LogP contribution in [0, 0.1) is 0 Å². The van der Waals surface area contributed by atoms with Crippen molar-refractivity contribution in [3.63, 3.8) is 0 Å². The monoisotopic (exact) mass is 280 g/mol. The van der Waals surface area contributed by atoms with Gasteiger partial charge in [0.2, 0.25) is 0 Å². The Morgan fingerprint density at radius 2 is 2.22 bits per heavy atom. The number of carbonyl (C=O) groups is 2. The molecule has 2 N–H and O–H groups in total. The van der Waals surface area contributed by atoms with E-state index in [0.29, 0.717) is 15.6 Å². The van der Waals surface area contributed by atoms with Gasteiger partial charge < -0.3 is 5.11 Å². The Bertz CT molecular complexity index is 587. The molecule has 2 heterocycles. The first-order chi connectivity index (χ1) is 8.65. The van der Waals surface area contributed by atoms with E-state index in [9.17, 15) is 9.59 Å². The third kappa shape index (κ3) is 3.25. The Balaban J connectivity index is 2.05. The third-order valence-electron chi connectivity index (χ3n) is 1.92. The Morgan fingerprint density at radius 3 is 2.89 bits per heavy atom. The number of rotatable bonds is 4. The van der Waals surface area contributed by atoms with E-state index in [1.54, 1.807) is 23.0 Å². The van der Waals surface area contributed by atoms with Crippen molar-refractivity contribution in [1.29, 1.82) is 0 Å². The zero-order chi connectivity index (χ0) is 13.0. The van der Waals surface area contributed by atoms with Gasteiger partial charge in [-0.05, 0) is 12.1 Å². The summed E-state index contributed by atoms with van der Waals surface area (Å²) in [7, 11) is 0. The number of amides is 1. The molecule has 0 spiro atoms. The van der Waals surface area contributed by atoms with Crippen LogP contribution in [-0.4, -0.2) is 22.0 Å². The second-order valence-electron chi connectivity index (χ2n) is 3.20. The highest BCUT2D eigenvalue weighted by Gasteiger charge is 2.09. The Labute approximate surface area is 110 Å². The van der Waals surface area contributed by atoms with Gasteiger partial charge in [-0.3, -0.25) is 10.1 Å². The van der Waals surface area contributed by atoms with Crippen LogP contribution >= 0.6 is 22.7 Å². The lowest BCUT2D eigenvalue weighted by Gasteiger charge is -1.97. The van der Waals surface area contributed by atoms with Crippen LogP contribution in [0.2, 0.25) is 0 Å². The molecule has 0 saturated carbocycles. The van der Waals surface area contributed by atoms with Crippen LogP contribution in [0.15, 0.2) is 29.1 Å². The molecule has 0 saturated heterocycles. The molecule has 2 aromatic heterocycles. The molecule has 1 amide bonds. The van der Waals surface area contributed by atoms with Crippen LogP contribution in [0.3, 0.4) is 0 Å². The molecule has 7 heteroatoms. The summed E-state index contributed by atoms with van der Waals surface area (Å²) in [6.07, 6.45) is 4.09. The number of hydrogen-bond acceptors (Lipinski definition) is 5. The van der Waals surface area contributed by atoms with Crippen molar-refractivity contribution < 1.29 is 14.7 Å². The standard InChI is InChI=1S/C11H8N2O3S2/c14-9(15)2-1-8-5-7(6-18-8)10(16)13-11-12-3-4-17-11/h1-6H,(H,14,15)(H,12,13,16). The summed E-state index contributed by atoms with van der Waals surface area (Å²) < 4.78 is 0. The average molecular weight is 280 g/mol. The summed E-state index contributed by atoms with van der Waals surface area (Å²) in [5.41, 5.74) is 0.486. The molecule has 0 aliphatic carbocycles. The maximum absolute atomic E-state index is 11.8. The normalized spacial score (nSPS) is 10.7. The summed E-state index contributed by atoms with van der Waals surface area (Å²) >= 11 is 2.64. The van der Waals surface area contributed by atoms with E-state index in [1.807, 2.05) is 0 Å². The average Bonchev–Trinajstić information content (AvgIpc) is 2.96. The molecule has 0 radical (unpaired) electrons. The summed E-state index contributed by atoms with van der Waals surface area (Å²) in [6.45, 7) is 0. The van der Waals surface area contributed by atoms with Crippen LogP contribution in [0.1, 0.15) is 15.2 Å². The van der Waals surface area contributed by atoms with Gasteiger partial charge in [0.05, 0.1) is 5.56 Å². The maximum atomic E-state index is 11.8. The van der Waals surface area contributed by atoms with E-state index < -0.39 is 5.97 Å². The van der Waals surface area contributed by atoms with Gasteiger partial charge in [-0.25, -0.2) is 9.78 Å². The van der Waals surface area contributed by atoms with E-state index in [-0.39, 0.29) is 5.91 Å². The number of thiazole rings is 1. The van der Waals surface area contributed by atoms with Crippen LogP contribution in [0.5, 0.6) is 0 Å². The predicted molar refractivity (Wildman–Crippen MR) is 71.1 cm³/mol. The van der Waals surface area contributed by atoms with E-state index >= 15 is 0 Å². The lowest BCUT2D eigenvalue weighted by Crippen LogP contribution is -2.10. The van der Waals surface area contributed by atoms with Crippen molar-refractivity contribution in [2.75, 3.05) is 5.32 Å². The van der Waals surface area contributed by atoms with Gasteiger partial charge >= 0.3 is 5.97 Å². The zero-order valence-corrected chi connectivity index (χ0v) is 10.6. The number of aromatic nitrogens is 1. The minimum Gasteiger partial charge on any atom is -0.478 e. The van der Waals surface area contributed by atoms with Gasteiger partial charge in [-0.15, -0.1) is 22.7 Å². The van der Waals surface area contributed by atoms with Gasteiger partial charge in [-0.2, -0.15) is 0 Å². The summed E-state index contributed by atoms with van der Waals surface area (Å²) in [5.74, 6) is -1.27. The molecule has 5 nitrogen and oxygen atoms in total. The van der Waals surface area contributed by atoms with E-state index in [0.717, 1.165) is 6.08 Å². The SMILES string of the molecule is O=C(O)C=Cc1cc(C(=O)Nc2nccs2)cs1. The Hall–Kier alpha value is -1.99. The number of nitrogens with one attached hydrogen (secondary N) is 1. The molecular weight excluding hydrogens is 272 g/mol. The van der Waals surface area contributed by atoms with E-state index in [2.05, 4.69) is 10.3 Å². The van der Waals surface area contributed by atoms with Gasteiger partial charge in [-0.1, -0.05) is 0 Å². The molecule has 0 aliphatic heterocycles. The van der Waals surface area contributed by atoms with Gasteiger partial charge in [0.1, 0.15) is 0 Å². The predicted octanol–water partition coefficient (Wildman–Crippen LogP) is 2.55. The molecule has 0 unspecified atom stereocenters. The lowest BCUT2D eigenvalue weighted by molar-refractivity contribution is -0.131. The summed E-state index contributed by atoms with van der Waals surface area (Å²) in [5, 5.41) is 15.1. The minimum absolute atomic E-state index is 0.254. The fourth-order valence-corrected chi connectivity index (χ4v) is 2.47. The molecule has 0 aliphatic rings. The first kappa shape index (κ1) is 12.5. The number of hydrogen-bond donors (Lipinski definition) is 2. The van der Waals surface area contributed by atoms with E-state index in [4.69, 9.17) is 5.11 Å². The number of carboxylic acids is 1. The number of carbonyl (C=O) groups excluding carboxylic acids is 1. The molecule has 0 fully saturated rings. The van der Waals surface area contributed by atoms with Crippen LogP contribution in [-0.2, 0) is 4.79 Å². The van der Waals surface area contributed by atoms with Crippen molar-refractivity contribution in [3.8, 4) is 0 Å². The molecule has 2 aromatic rings. The van der Waals surface area contributed by atoms with Crippen molar-refractivity contribution in [2.45, 2.75) is 0 Å². The first-order valence-electron chi connectivity index (χ1n) is 4.85. The highest BCUT2D eigenvalue weighted by molar-refractivity contribution is 7.13. The molecule has 0 bridgehead atoms. The molecule has 0 atom stereocenters. The zero-order valence-electron chi connectivity index (χ0n) is 8.99. The summed E-state index contributed by atoms with van der Waals surface area (Å²) in [4.78, 5) is 26.8. The highest BCUT2D eigenvalue weighted by Crippen LogP contribution is 2.18. The fraction of sp³-hybridized carbons (Fsp3) is 0. The third-order valence-corrected chi connectivity index (χ3v) is 3.51. The van der Waals surface area contributed by atoms with Crippen molar-refractivity contribution in [3.05, 3.63) is 39.5 Å². The quantitative estimate of drug-likeness (QED) is 0.843. The first-order valence-corrected chi connectivity index (χ1v) is 6.61. The minimum atomic E-state index is -1.02. The summed E-state index contributed by atoms with van der Waals surface area (Å²) in [6, 6.07) is 1.63. The number of thiophene rings is 1. The smallest absolute Gasteiger partial charge is 0.328 e. The second-order valence-corrected chi connectivity index (χ2v) is 5.04.